The maximum atomic E-state index is 14.4. The van der Waals surface area contributed by atoms with Crippen LogP contribution in [0.4, 0.5) is 13.2 Å². The number of ether oxygens (including phenoxy) is 2. The fourth-order valence-corrected chi connectivity index (χ4v) is 3.18. The molecule has 0 aliphatic rings. The zero-order valence-electron chi connectivity index (χ0n) is 16.8. The van der Waals surface area contributed by atoms with E-state index in [4.69, 9.17) is 20.3 Å². The van der Waals surface area contributed by atoms with Crippen molar-refractivity contribution in [1.29, 1.82) is 10.8 Å². The number of aromatic nitrogens is 2. The summed E-state index contributed by atoms with van der Waals surface area (Å²) in [6.45, 7) is -0.275. The third-order valence-corrected chi connectivity index (χ3v) is 4.84. The molecule has 162 valence electrons. The van der Waals surface area contributed by atoms with Crippen LogP contribution in [0.3, 0.4) is 0 Å². The molecule has 32 heavy (non-hydrogen) atoms. The Bertz CT molecular complexity index is 1400. The fourth-order valence-electron chi connectivity index (χ4n) is 3.18. The van der Waals surface area contributed by atoms with Gasteiger partial charge in [-0.2, -0.15) is 0 Å². The zero-order valence-corrected chi connectivity index (χ0v) is 16.8. The molecule has 0 saturated carbocycles. The van der Waals surface area contributed by atoms with Gasteiger partial charge in [-0.05, 0) is 42.0 Å². The molecule has 0 aliphatic carbocycles. The second kappa shape index (κ2) is 8.54. The van der Waals surface area contributed by atoms with Crippen molar-refractivity contribution in [2.75, 3.05) is 13.7 Å². The van der Waals surface area contributed by atoms with E-state index in [2.05, 4.69) is 4.98 Å². The van der Waals surface area contributed by atoms with Crippen molar-refractivity contribution in [3.63, 3.8) is 0 Å². The fraction of sp³-hybridized carbons (Fsp3) is 0.0870. The molecule has 6 nitrogen and oxygen atoms in total. The van der Waals surface area contributed by atoms with Gasteiger partial charge in [-0.3, -0.25) is 20.4 Å². The minimum Gasteiger partial charge on any atom is -0.497 e. The zero-order chi connectivity index (χ0) is 22.8. The number of hydrogen-bond donors (Lipinski definition) is 2. The van der Waals surface area contributed by atoms with Crippen LogP contribution in [0.15, 0.2) is 60.9 Å². The third kappa shape index (κ3) is 4.04. The van der Waals surface area contributed by atoms with Crippen molar-refractivity contribution in [3.8, 4) is 22.6 Å². The predicted octanol–water partition coefficient (Wildman–Crippen LogP) is 4.51. The number of benzene rings is 2. The summed E-state index contributed by atoms with van der Waals surface area (Å²) in [6, 6.07) is 11.1. The van der Waals surface area contributed by atoms with E-state index in [0.717, 1.165) is 22.8 Å². The molecule has 2 aromatic carbocycles. The topological polar surface area (TPSA) is 84.0 Å². The van der Waals surface area contributed by atoms with E-state index in [1.807, 2.05) is 0 Å². The minimum atomic E-state index is -1.08. The van der Waals surface area contributed by atoms with Gasteiger partial charge >= 0.3 is 0 Å². The number of halogens is 3. The lowest BCUT2D eigenvalue weighted by Crippen LogP contribution is -2.32. The maximum absolute atomic E-state index is 14.4. The third-order valence-electron chi connectivity index (χ3n) is 4.84. The Hall–Kier alpha value is -4.14. The number of pyridine rings is 2. The van der Waals surface area contributed by atoms with Crippen molar-refractivity contribution in [3.05, 3.63) is 83.9 Å². The lowest BCUT2D eigenvalue weighted by atomic mass is 10.1. The second-order valence-electron chi connectivity index (χ2n) is 6.85. The van der Waals surface area contributed by atoms with Gasteiger partial charge in [0.2, 0.25) is 0 Å². The maximum Gasteiger partial charge on any atom is 0.167 e. The Labute approximate surface area is 180 Å². The minimum absolute atomic E-state index is 0.184. The second-order valence-corrected chi connectivity index (χ2v) is 6.85. The van der Waals surface area contributed by atoms with Crippen molar-refractivity contribution < 1.29 is 22.6 Å². The SMILES string of the molecule is COc1ccc2c(OCC(=N)n3cc(-c4ccc(F)c(F)c4)cc(F)c3=N)ccnc2c1. The molecule has 0 saturated heterocycles. The smallest absolute Gasteiger partial charge is 0.167 e. The predicted molar refractivity (Wildman–Crippen MR) is 113 cm³/mol. The van der Waals surface area contributed by atoms with Crippen LogP contribution in [0.1, 0.15) is 0 Å². The average Bonchev–Trinajstić information content (AvgIpc) is 2.80. The number of fused-ring (bicyclic) bond motifs is 1. The average molecular weight is 438 g/mol. The first kappa shape index (κ1) is 21.1. The van der Waals surface area contributed by atoms with E-state index in [9.17, 15) is 13.2 Å². The summed E-state index contributed by atoms with van der Waals surface area (Å²) < 4.78 is 53.1. The van der Waals surface area contributed by atoms with Gasteiger partial charge in [0.15, 0.2) is 22.9 Å². The lowest BCUT2D eigenvalue weighted by molar-refractivity contribution is 0.375. The summed E-state index contributed by atoms with van der Waals surface area (Å²) in [4.78, 5) is 4.26. The Balaban J connectivity index is 1.62. The molecule has 2 heterocycles. The van der Waals surface area contributed by atoms with Crippen LogP contribution in [0.2, 0.25) is 0 Å². The van der Waals surface area contributed by atoms with Crippen LogP contribution < -0.4 is 15.0 Å². The molecule has 0 unspecified atom stereocenters. The molecule has 0 radical (unpaired) electrons. The lowest BCUT2D eigenvalue weighted by Gasteiger charge is -2.14. The van der Waals surface area contributed by atoms with E-state index in [1.54, 1.807) is 37.6 Å². The van der Waals surface area contributed by atoms with Crippen LogP contribution >= 0.6 is 0 Å². The molecule has 2 N–H and O–H groups in total. The first-order valence-electron chi connectivity index (χ1n) is 9.43. The molecule has 0 spiro atoms. The number of hydrogen-bond acceptors (Lipinski definition) is 5. The summed E-state index contributed by atoms with van der Waals surface area (Å²) in [5.74, 6) is -2.16. The first-order chi connectivity index (χ1) is 15.4. The molecule has 0 atom stereocenters. The number of nitrogens with zero attached hydrogens (tertiary/aromatic N) is 2. The van der Waals surface area contributed by atoms with Crippen molar-refractivity contribution in [1.82, 2.24) is 9.55 Å². The van der Waals surface area contributed by atoms with Gasteiger partial charge in [0.05, 0.1) is 12.6 Å². The Morgan fingerprint density at radius 3 is 2.50 bits per heavy atom. The summed E-state index contributed by atoms with van der Waals surface area (Å²) in [5, 5.41) is 17.0. The summed E-state index contributed by atoms with van der Waals surface area (Å²) >= 11 is 0. The van der Waals surface area contributed by atoms with Crippen molar-refractivity contribution in [2.24, 2.45) is 0 Å². The molecule has 0 fully saturated rings. The number of rotatable bonds is 5. The van der Waals surface area contributed by atoms with Gasteiger partial charge in [-0.25, -0.2) is 13.2 Å². The van der Waals surface area contributed by atoms with E-state index in [0.29, 0.717) is 22.4 Å². The van der Waals surface area contributed by atoms with E-state index < -0.39 is 22.9 Å². The van der Waals surface area contributed by atoms with Crippen LogP contribution in [-0.4, -0.2) is 29.1 Å². The summed E-state index contributed by atoms with van der Waals surface area (Å²) in [6.07, 6.45) is 2.85. The normalized spacial score (nSPS) is 10.9. The molecule has 0 aliphatic heterocycles. The monoisotopic (exact) mass is 438 g/mol. The quantitative estimate of drug-likeness (QED) is 0.355. The van der Waals surface area contributed by atoms with Gasteiger partial charge in [0.1, 0.15) is 23.9 Å². The Morgan fingerprint density at radius 1 is 0.969 bits per heavy atom. The molecule has 0 amide bonds. The van der Waals surface area contributed by atoms with E-state index >= 15 is 0 Å². The van der Waals surface area contributed by atoms with Crippen LogP contribution in [-0.2, 0) is 0 Å². The highest BCUT2D eigenvalue weighted by Crippen LogP contribution is 2.27. The first-order valence-corrected chi connectivity index (χ1v) is 9.43. The van der Waals surface area contributed by atoms with Crippen LogP contribution in [0, 0.1) is 28.3 Å². The molecular formula is C23H17F3N4O2. The largest absolute Gasteiger partial charge is 0.497 e. The molecule has 2 aromatic heterocycles. The highest BCUT2D eigenvalue weighted by Gasteiger charge is 2.13. The van der Waals surface area contributed by atoms with Gasteiger partial charge in [-0.15, -0.1) is 0 Å². The van der Waals surface area contributed by atoms with Crippen molar-refractivity contribution >= 4 is 16.7 Å². The Morgan fingerprint density at radius 2 is 1.75 bits per heavy atom. The highest BCUT2D eigenvalue weighted by molar-refractivity contribution is 5.87. The van der Waals surface area contributed by atoms with Gasteiger partial charge < -0.3 is 9.47 Å². The van der Waals surface area contributed by atoms with Crippen molar-refractivity contribution in [2.45, 2.75) is 0 Å². The van der Waals surface area contributed by atoms with Crippen LogP contribution in [0.25, 0.3) is 22.0 Å². The highest BCUT2D eigenvalue weighted by atomic mass is 19.2. The van der Waals surface area contributed by atoms with Gasteiger partial charge in [-0.1, -0.05) is 6.07 Å². The van der Waals surface area contributed by atoms with Gasteiger partial charge in [0, 0.05) is 29.4 Å². The number of nitrogens with one attached hydrogen (secondary N) is 2. The number of methoxy groups -OCH3 is 1. The molecule has 0 bridgehead atoms. The molecule has 4 rings (SSSR count). The van der Waals surface area contributed by atoms with Gasteiger partial charge in [0.25, 0.3) is 0 Å². The molecule has 9 heteroatoms. The molecular weight excluding hydrogens is 421 g/mol. The van der Waals surface area contributed by atoms with E-state index in [1.165, 1.54) is 12.3 Å². The summed E-state index contributed by atoms with van der Waals surface area (Å²) in [5.41, 5.74) is 0.464. The standard InChI is InChI=1S/C23H17F3N4O2/c1-31-15-3-4-16-20(10-15)29-7-6-21(16)32-12-22(27)30-11-14(9-19(26)23(30)28)13-2-5-17(24)18(25)8-13/h2-11,27-28H,12H2,1H3. The van der Waals surface area contributed by atoms with E-state index in [-0.39, 0.29) is 23.6 Å². The molecule has 4 aromatic rings. The Kier molecular flexibility index (Phi) is 5.63. The summed E-state index contributed by atoms with van der Waals surface area (Å²) in [7, 11) is 1.55. The van der Waals surface area contributed by atoms with Crippen LogP contribution in [0.5, 0.6) is 11.5 Å².